The van der Waals surface area contributed by atoms with E-state index in [4.69, 9.17) is 10.5 Å². The van der Waals surface area contributed by atoms with E-state index in [1.54, 1.807) is 0 Å². The van der Waals surface area contributed by atoms with Crippen LogP contribution in [0.4, 0.5) is 0 Å². The molecule has 2 nitrogen and oxygen atoms in total. The minimum atomic E-state index is -0.0166. The van der Waals surface area contributed by atoms with Crippen LogP contribution in [-0.2, 0) is 4.74 Å². The van der Waals surface area contributed by atoms with E-state index in [0.29, 0.717) is 0 Å². The van der Waals surface area contributed by atoms with Crippen LogP contribution in [-0.4, -0.2) is 30.3 Å². The maximum Gasteiger partial charge on any atom is 0.0698 e. The molecule has 2 aliphatic rings. The van der Waals surface area contributed by atoms with Crippen LogP contribution in [0.5, 0.6) is 0 Å². The first kappa shape index (κ1) is 10.8. The third kappa shape index (κ3) is 1.41. The number of hydrogen-bond acceptors (Lipinski definition) is 3. The molecule has 2 rings (SSSR count). The summed E-state index contributed by atoms with van der Waals surface area (Å²) in [6.07, 6.45) is 2.48. The van der Waals surface area contributed by atoms with Crippen LogP contribution in [0.15, 0.2) is 0 Å². The fourth-order valence-electron chi connectivity index (χ4n) is 3.11. The zero-order chi connectivity index (χ0) is 10.2. The molecule has 3 heteroatoms. The Hall–Kier alpha value is 0.270. The SMILES string of the molecule is CC1(C)OCCC1(CN)C1CCSC1. The fourth-order valence-corrected chi connectivity index (χ4v) is 4.50. The van der Waals surface area contributed by atoms with Gasteiger partial charge >= 0.3 is 0 Å². The van der Waals surface area contributed by atoms with Gasteiger partial charge in [-0.05, 0) is 44.1 Å². The molecule has 2 heterocycles. The monoisotopic (exact) mass is 215 g/mol. The van der Waals surface area contributed by atoms with E-state index in [1.807, 2.05) is 0 Å². The minimum Gasteiger partial charge on any atom is -0.375 e. The van der Waals surface area contributed by atoms with E-state index >= 15 is 0 Å². The molecule has 2 aliphatic heterocycles. The van der Waals surface area contributed by atoms with Gasteiger partial charge in [-0.25, -0.2) is 0 Å². The first-order valence-electron chi connectivity index (χ1n) is 5.54. The van der Waals surface area contributed by atoms with E-state index in [-0.39, 0.29) is 11.0 Å². The van der Waals surface area contributed by atoms with Crippen LogP contribution < -0.4 is 5.73 Å². The summed E-state index contributed by atoms with van der Waals surface area (Å²) in [5.41, 5.74) is 6.26. The number of hydrogen-bond donors (Lipinski definition) is 1. The highest BCUT2D eigenvalue weighted by Gasteiger charge is 2.54. The van der Waals surface area contributed by atoms with Gasteiger partial charge in [0.25, 0.3) is 0 Å². The maximum atomic E-state index is 6.03. The molecule has 0 bridgehead atoms. The number of ether oxygens (including phenoxy) is 1. The Balaban J connectivity index is 2.23. The molecule has 0 spiro atoms. The van der Waals surface area contributed by atoms with Crippen molar-refractivity contribution in [3.63, 3.8) is 0 Å². The highest BCUT2D eigenvalue weighted by Crippen LogP contribution is 2.52. The van der Waals surface area contributed by atoms with Crippen molar-refractivity contribution in [2.75, 3.05) is 24.7 Å². The van der Waals surface area contributed by atoms with Crippen LogP contribution in [0.1, 0.15) is 26.7 Å². The second kappa shape index (κ2) is 3.69. The predicted octanol–water partition coefficient (Wildman–Crippen LogP) is 1.88. The molecule has 2 saturated heterocycles. The topological polar surface area (TPSA) is 35.2 Å². The highest BCUT2D eigenvalue weighted by molar-refractivity contribution is 7.99. The van der Waals surface area contributed by atoms with E-state index in [2.05, 4.69) is 25.6 Å². The molecule has 2 fully saturated rings. The predicted molar refractivity (Wildman–Crippen MR) is 61.6 cm³/mol. The Morgan fingerprint density at radius 2 is 2.29 bits per heavy atom. The highest BCUT2D eigenvalue weighted by atomic mass is 32.2. The van der Waals surface area contributed by atoms with Crippen molar-refractivity contribution in [2.45, 2.75) is 32.3 Å². The average Bonchev–Trinajstić information content (AvgIpc) is 2.72. The van der Waals surface area contributed by atoms with Crippen LogP contribution >= 0.6 is 11.8 Å². The van der Waals surface area contributed by atoms with Crippen molar-refractivity contribution in [2.24, 2.45) is 17.1 Å². The van der Waals surface area contributed by atoms with E-state index in [1.165, 1.54) is 17.9 Å². The van der Waals surface area contributed by atoms with Crippen molar-refractivity contribution in [3.05, 3.63) is 0 Å². The van der Waals surface area contributed by atoms with Gasteiger partial charge in [-0.15, -0.1) is 0 Å². The quantitative estimate of drug-likeness (QED) is 0.764. The van der Waals surface area contributed by atoms with Crippen molar-refractivity contribution in [3.8, 4) is 0 Å². The Morgan fingerprint density at radius 3 is 2.71 bits per heavy atom. The molecule has 0 aromatic rings. The summed E-state index contributed by atoms with van der Waals surface area (Å²) < 4.78 is 5.87. The van der Waals surface area contributed by atoms with Crippen LogP contribution in [0, 0.1) is 11.3 Å². The van der Waals surface area contributed by atoms with Crippen LogP contribution in [0.25, 0.3) is 0 Å². The van der Waals surface area contributed by atoms with Gasteiger partial charge in [0.05, 0.1) is 5.60 Å². The first-order chi connectivity index (χ1) is 6.62. The van der Waals surface area contributed by atoms with Crippen molar-refractivity contribution in [1.29, 1.82) is 0 Å². The molecule has 0 aliphatic carbocycles. The summed E-state index contributed by atoms with van der Waals surface area (Å²) in [5, 5.41) is 0. The zero-order valence-corrected chi connectivity index (χ0v) is 10.0. The Kier molecular flexibility index (Phi) is 2.84. The van der Waals surface area contributed by atoms with Gasteiger partial charge in [0.1, 0.15) is 0 Å². The fraction of sp³-hybridized carbons (Fsp3) is 1.00. The molecule has 2 unspecified atom stereocenters. The Morgan fingerprint density at radius 1 is 1.50 bits per heavy atom. The number of thioether (sulfide) groups is 1. The van der Waals surface area contributed by atoms with Gasteiger partial charge in [0.2, 0.25) is 0 Å². The normalized spacial score (nSPS) is 41.8. The first-order valence-corrected chi connectivity index (χ1v) is 6.70. The Labute approximate surface area is 91.0 Å². The second-order valence-electron chi connectivity index (χ2n) is 5.03. The summed E-state index contributed by atoms with van der Waals surface area (Å²) in [5.74, 6) is 3.36. The molecular formula is C11H21NOS. The lowest BCUT2D eigenvalue weighted by Gasteiger charge is -2.43. The largest absolute Gasteiger partial charge is 0.375 e. The molecular weight excluding hydrogens is 194 g/mol. The van der Waals surface area contributed by atoms with Crippen molar-refractivity contribution in [1.82, 2.24) is 0 Å². The van der Waals surface area contributed by atoms with Crippen molar-refractivity contribution < 1.29 is 4.74 Å². The van der Waals surface area contributed by atoms with Crippen LogP contribution in [0.2, 0.25) is 0 Å². The van der Waals surface area contributed by atoms with Gasteiger partial charge in [0.15, 0.2) is 0 Å². The van der Waals surface area contributed by atoms with Gasteiger partial charge < -0.3 is 10.5 Å². The lowest BCUT2D eigenvalue weighted by atomic mass is 9.64. The lowest BCUT2D eigenvalue weighted by Crippen LogP contribution is -2.50. The number of nitrogens with two attached hydrogens (primary N) is 1. The van der Waals surface area contributed by atoms with Crippen molar-refractivity contribution >= 4 is 11.8 Å². The molecule has 2 N–H and O–H groups in total. The van der Waals surface area contributed by atoms with Gasteiger partial charge in [0, 0.05) is 18.6 Å². The smallest absolute Gasteiger partial charge is 0.0698 e. The Bertz CT molecular complexity index is 213. The number of rotatable bonds is 2. The summed E-state index contributed by atoms with van der Waals surface area (Å²) >= 11 is 2.07. The zero-order valence-electron chi connectivity index (χ0n) is 9.21. The molecule has 0 aromatic carbocycles. The molecule has 14 heavy (non-hydrogen) atoms. The molecule has 0 amide bonds. The lowest BCUT2D eigenvalue weighted by molar-refractivity contribution is -0.0512. The van der Waals surface area contributed by atoms with Gasteiger partial charge in [-0.2, -0.15) is 11.8 Å². The van der Waals surface area contributed by atoms with E-state index < -0.39 is 0 Å². The molecule has 0 radical (unpaired) electrons. The van der Waals surface area contributed by atoms with E-state index in [9.17, 15) is 0 Å². The molecule has 2 atom stereocenters. The minimum absolute atomic E-state index is 0.0166. The third-order valence-corrected chi connectivity index (χ3v) is 5.45. The average molecular weight is 215 g/mol. The molecule has 0 aromatic heterocycles. The van der Waals surface area contributed by atoms with E-state index in [0.717, 1.165) is 25.5 Å². The summed E-state index contributed by atoms with van der Waals surface area (Å²) in [7, 11) is 0. The standard InChI is InChI=1S/C11H21NOS/c1-10(2)11(8-12,4-5-13-10)9-3-6-14-7-9/h9H,3-8,12H2,1-2H3. The van der Waals surface area contributed by atoms with Gasteiger partial charge in [-0.3, -0.25) is 0 Å². The molecule has 0 saturated carbocycles. The van der Waals surface area contributed by atoms with Gasteiger partial charge in [-0.1, -0.05) is 0 Å². The second-order valence-corrected chi connectivity index (χ2v) is 6.18. The summed E-state index contributed by atoms with van der Waals surface area (Å²) in [4.78, 5) is 0. The van der Waals surface area contributed by atoms with Crippen LogP contribution in [0.3, 0.4) is 0 Å². The third-order valence-electron chi connectivity index (χ3n) is 4.29. The summed E-state index contributed by atoms with van der Waals surface area (Å²) in [6.45, 7) is 6.11. The summed E-state index contributed by atoms with van der Waals surface area (Å²) in [6, 6.07) is 0. The maximum absolute atomic E-state index is 6.03. The molecule has 82 valence electrons.